The summed E-state index contributed by atoms with van der Waals surface area (Å²) in [6.07, 6.45) is -0.253. The first-order chi connectivity index (χ1) is 8.60. The van der Waals surface area contributed by atoms with Crippen molar-refractivity contribution in [2.24, 2.45) is 0 Å². The molecule has 0 heterocycles. The molecule has 18 heavy (non-hydrogen) atoms. The lowest BCUT2D eigenvalue weighted by Crippen LogP contribution is -2.16. The number of carbonyl (C=O) groups excluding carboxylic acids is 2. The Labute approximate surface area is 105 Å². The zero-order chi connectivity index (χ0) is 13.5. The molecular weight excluding hydrogens is 232 g/mol. The summed E-state index contributed by atoms with van der Waals surface area (Å²) in [6, 6.07) is 6.81. The van der Waals surface area contributed by atoms with Crippen LogP contribution < -0.4 is 5.32 Å². The number of nitrogens with one attached hydrogen (secondary N) is 1. The van der Waals surface area contributed by atoms with Gasteiger partial charge in [0, 0.05) is 0 Å². The van der Waals surface area contributed by atoms with Crippen LogP contribution in [0.25, 0.3) is 0 Å². The molecule has 0 atom stereocenters. The quantitative estimate of drug-likeness (QED) is 0.824. The van der Waals surface area contributed by atoms with Crippen molar-refractivity contribution in [1.29, 1.82) is 5.26 Å². The number of nitrogens with zero attached hydrogens (tertiary/aromatic N) is 1. The van der Waals surface area contributed by atoms with E-state index in [1.807, 2.05) is 0 Å². The summed E-state index contributed by atoms with van der Waals surface area (Å²) in [7, 11) is 0. The lowest BCUT2D eigenvalue weighted by Gasteiger charge is -2.12. The van der Waals surface area contributed by atoms with Crippen LogP contribution in [0.1, 0.15) is 29.3 Å². The Morgan fingerprint density at radius 1 is 1.44 bits per heavy atom. The number of ether oxygens (including phenoxy) is 1. The van der Waals surface area contributed by atoms with Crippen LogP contribution in [0.3, 0.4) is 0 Å². The summed E-state index contributed by atoms with van der Waals surface area (Å²) in [4.78, 5) is 23.1. The average Bonchev–Trinajstić information content (AvgIpc) is 2.32. The molecule has 1 rings (SSSR count). The van der Waals surface area contributed by atoms with E-state index in [2.05, 4.69) is 5.32 Å². The Morgan fingerprint density at radius 3 is 2.78 bits per heavy atom. The molecule has 0 fully saturated rings. The van der Waals surface area contributed by atoms with E-state index in [9.17, 15) is 9.59 Å². The van der Waals surface area contributed by atoms with E-state index in [-0.39, 0.29) is 13.0 Å². The molecule has 5 heteroatoms. The molecule has 0 spiro atoms. The van der Waals surface area contributed by atoms with Gasteiger partial charge in [0.05, 0.1) is 23.9 Å². The Morgan fingerprint density at radius 2 is 2.17 bits per heavy atom. The molecule has 0 bridgehead atoms. The van der Waals surface area contributed by atoms with Crippen LogP contribution in [0.15, 0.2) is 18.2 Å². The van der Waals surface area contributed by atoms with Crippen molar-refractivity contribution in [2.45, 2.75) is 20.3 Å². The van der Waals surface area contributed by atoms with Gasteiger partial charge in [0.2, 0.25) is 5.91 Å². The number of aryl methyl sites for hydroxylation is 1. The van der Waals surface area contributed by atoms with Crippen molar-refractivity contribution < 1.29 is 14.3 Å². The molecule has 0 aliphatic rings. The standard InChI is InChI=1S/C13H14N2O3/c1-3-18-13(17)10-6-4-5-9(2)12(10)15-11(16)7-8-14/h4-6H,3,7H2,1-2H3,(H,15,16). The second-order valence-electron chi connectivity index (χ2n) is 3.60. The molecule has 0 saturated carbocycles. The van der Waals surface area contributed by atoms with Gasteiger partial charge >= 0.3 is 5.97 Å². The van der Waals surface area contributed by atoms with E-state index in [1.165, 1.54) is 0 Å². The molecule has 1 aromatic rings. The second kappa shape index (κ2) is 6.40. The first-order valence-electron chi connectivity index (χ1n) is 5.53. The molecule has 5 nitrogen and oxygen atoms in total. The van der Waals surface area contributed by atoms with E-state index in [0.717, 1.165) is 5.56 Å². The summed E-state index contributed by atoms with van der Waals surface area (Å²) < 4.78 is 4.91. The van der Waals surface area contributed by atoms with Gasteiger partial charge in [0.1, 0.15) is 6.42 Å². The van der Waals surface area contributed by atoms with Crippen molar-refractivity contribution in [3.63, 3.8) is 0 Å². The van der Waals surface area contributed by atoms with Gasteiger partial charge in [-0.15, -0.1) is 0 Å². The highest BCUT2D eigenvalue weighted by Gasteiger charge is 2.15. The molecule has 94 valence electrons. The Bertz CT molecular complexity index is 503. The molecule has 0 unspecified atom stereocenters. The van der Waals surface area contributed by atoms with Gasteiger partial charge < -0.3 is 10.1 Å². The monoisotopic (exact) mass is 246 g/mol. The molecule has 1 N–H and O–H groups in total. The van der Waals surface area contributed by atoms with E-state index in [4.69, 9.17) is 10.00 Å². The predicted molar refractivity (Wildman–Crippen MR) is 66.0 cm³/mol. The predicted octanol–water partition coefficient (Wildman–Crippen LogP) is 2.02. The lowest BCUT2D eigenvalue weighted by molar-refractivity contribution is -0.115. The van der Waals surface area contributed by atoms with Gasteiger partial charge in [0.15, 0.2) is 0 Å². The van der Waals surface area contributed by atoms with Crippen LogP contribution in [0.5, 0.6) is 0 Å². The smallest absolute Gasteiger partial charge is 0.340 e. The number of esters is 1. The maximum atomic E-state index is 11.7. The van der Waals surface area contributed by atoms with Crippen molar-refractivity contribution in [3.8, 4) is 6.07 Å². The fourth-order valence-electron chi connectivity index (χ4n) is 1.47. The van der Waals surface area contributed by atoms with Crippen LogP contribution in [0, 0.1) is 18.3 Å². The Balaban J connectivity index is 3.05. The summed E-state index contributed by atoms with van der Waals surface area (Å²) in [5, 5.41) is 11.0. The van der Waals surface area contributed by atoms with Crippen molar-refractivity contribution in [3.05, 3.63) is 29.3 Å². The zero-order valence-electron chi connectivity index (χ0n) is 10.3. The molecule has 0 aromatic heterocycles. The largest absolute Gasteiger partial charge is 0.462 e. The number of rotatable bonds is 4. The minimum absolute atomic E-state index is 0.253. The zero-order valence-corrected chi connectivity index (χ0v) is 10.3. The Kier molecular flexibility index (Phi) is 4.88. The molecule has 1 aromatic carbocycles. The number of anilines is 1. The average molecular weight is 246 g/mol. The van der Waals surface area contributed by atoms with Gasteiger partial charge in [-0.3, -0.25) is 4.79 Å². The number of hydrogen-bond donors (Lipinski definition) is 1. The van der Waals surface area contributed by atoms with Gasteiger partial charge in [-0.1, -0.05) is 12.1 Å². The number of para-hydroxylation sites is 1. The molecule has 0 radical (unpaired) electrons. The molecule has 0 aliphatic heterocycles. The minimum atomic E-state index is -0.492. The maximum Gasteiger partial charge on any atom is 0.340 e. The van der Waals surface area contributed by atoms with Gasteiger partial charge in [-0.05, 0) is 25.5 Å². The number of carbonyl (C=O) groups is 2. The Hall–Kier alpha value is -2.35. The van der Waals surface area contributed by atoms with Crippen LogP contribution in [0.2, 0.25) is 0 Å². The number of amides is 1. The maximum absolute atomic E-state index is 11.7. The molecule has 0 saturated heterocycles. The summed E-state index contributed by atoms with van der Waals surface area (Å²) in [6.45, 7) is 3.74. The van der Waals surface area contributed by atoms with Crippen molar-refractivity contribution >= 4 is 17.6 Å². The van der Waals surface area contributed by atoms with Crippen molar-refractivity contribution in [2.75, 3.05) is 11.9 Å². The van der Waals surface area contributed by atoms with Crippen LogP contribution >= 0.6 is 0 Å². The van der Waals surface area contributed by atoms with E-state index < -0.39 is 11.9 Å². The van der Waals surface area contributed by atoms with Crippen LogP contribution in [-0.2, 0) is 9.53 Å². The highest BCUT2D eigenvalue weighted by Crippen LogP contribution is 2.21. The van der Waals surface area contributed by atoms with Gasteiger partial charge in [-0.2, -0.15) is 5.26 Å². The highest BCUT2D eigenvalue weighted by molar-refractivity contribution is 6.02. The van der Waals surface area contributed by atoms with Gasteiger partial charge in [0.25, 0.3) is 0 Å². The molecule has 0 aliphatic carbocycles. The second-order valence-corrected chi connectivity index (χ2v) is 3.60. The molecule has 1 amide bonds. The van der Waals surface area contributed by atoms with E-state index >= 15 is 0 Å². The molecular formula is C13H14N2O3. The fourth-order valence-corrected chi connectivity index (χ4v) is 1.47. The minimum Gasteiger partial charge on any atom is -0.462 e. The van der Waals surface area contributed by atoms with Gasteiger partial charge in [-0.25, -0.2) is 4.79 Å². The van der Waals surface area contributed by atoms with E-state index in [1.54, 1.807) is 38.1 Å². The normalized spacial score (nSPS) is 9.39. The highest BCUT2D eigenvalue weighted by atomic mass is 16.5. The fraction of sp³-hybridized carbons (Fsp3) is 0.308. The third-order valence-electron chi connectivity index (χ3n) is 2.27. The first-order valence-corrected chi connectivity index (χ1v) is 5.53. The summed E-state index contributed by atoms with van der Waals surface area (Å²) in [5.74, 6) is -0.939. The first kappa shape index (κ1) is 13.7. The van der Waals surface area contributed by atoms with E-state index in [0.29, 0.717) is 11.3 Å². The SMILES string of the molecule is CCOC(=O)c1cccc(C)c1NC(=O)CC#N. The van der Waals surface area contributed by atoms with Crippen LogP contribution in [-0.4, -0.2) is 18.5 Å². The third-order valence-corrected chi connectivity index (χ3v) is 2.27. The van der Waals surface area contributed by atoms with Crippen molar-refractivity contribution in [1.82, 2.24) is 0 Å². The topological polar surface area (TPSA) is 79.2 Å². The lowest BCUT2D eigenvalue weighted by atomic mass is 10.1. The third kappa shape index (κ3) is 3.32. The number of nitriles is 1. The summed E-state index contributed by atoms with van der Waals surface area (Å²) >= 11 is 0. The number of hydrogen-bond acceptors (Lipinski definition) is 4. The summed E-state index contributed by atoms with van der Waals surface area (Å²) in [5.41, 5.74) is 1.44. The van der Waals surface area contributed by atoms with Crippen LogP contribution in [0.4, 0.5) is 5.69 Å². The number of benzene rings is 1.